The van der Waals surface area contributed by atoms with Gasteiger partial charge in [-0.15, -0.1) is 0 Å². The SMILES string of the molecule is CN(C(=O)c1ccc(NCc2cnc3nc(N)[nH]c(=O)c3n2)cc1)[C@@H](C[Se])C(=O)O. The van der Waals surface area contributed by atoms with Crippen molar-refractivity contribution >= 4 is 50.7 Å². The van der Waals surface area contributed by atoms with Crippen LogP contribution in [0.4, 0.5) is 11.6 Å². The van der Waals surface area contributed by atoms with Gasteiger partial charge in [-0.05, 0) is 0 Å². The maximum absolute atomic E-state index is 12.5. The van der Waals surface area contributed by atoms with Crippen molar-refractivity contribution in [1.82, 2.24) is 24.8 Å². The van der Waals surface area contributed by atoms with E-state index >= 15 is 0 Å². The van der Waals surface area contributed by atoms with Crippen LogP contribution >= 0.6 is 0 Å². The van der Waals surface area contributed by atoms with E-state index in [-0.39, 0.29) is 29.0 Å². The summed E-state index contributed by atoms with van der Waals surface area (Å²) in [7, 11) is 1.45. The Bertz CT molecular complexity index is 1150. The van der Waals surface area contributed by atoms with Gasteiger partial charge in [-0.2, -0.15) is 4.98 Å². The second-order valence-electron chi connectivity index (χ2n) is 6.35. The Hall–Kier alpha value is -3.50. The van der Waals surface area contributed by atoms with Gasteiger partial charge in [-0.25, -0.2) is 4.98 Å². The molecular weight excluding hydrogens is 457 g/mol. The van der Waals surface area contributed by atoms with Crippen molar-refractivity contribution in [2.24, 2.45) is 0 Å². The van der Waals surface area contributed by atoms with Gasteiger partial charge < -0.3 is 5.73 Å². The van der Waals surface area contributed by atoms with E-state index in [0.717, 1.165) is 0 Å². The van der Waals surface area contributed by atoms with E-state index in [1.165, 1.54) is 18.1 Å². The molecule has 1 amide bonds. The first-order valence-corrected chi connectivity index (χ1v) is 9.94. The molecule has 1 atom stereocenters. The molecule has 0 aliphatic carbocycles. The Labute approximate surface area is 178 Å². The summed E-state index contributed by atoms with van der Waals surface area (Å²) in [5.74, 6) is -1.49. The van der Waals surface area contributed by atoms with Crippen molar-refractivity contribution in [3.63, 3.8) is 0 Å². The summed E-state index contributed by atoms with van der Waals surface area (Å²) >= 11 is 2.64. The van der Waals surface area contributed by atoms with Crippen molar-refractivity contribution in [2.75, 3.05) is 18.1 Å². The molecule has 0 aliphatic rings. The Morgan fingerprint density at radius 3 is 2.63 bits per heavy atom. The van der Waals surface area contributed by atoms with Crippen LogP contribution in [-0.2, 0) is 11.3 Å². The fourth-order valence-electron chi connectivity index (χ4n) is 2.67. The minimum absolute atomic E-state index is 0.0281. The zero-order chi connectivity index (χ0) is 21.8. The van der Waals surface area contributed by atoms with Gasteiger partial charge in [-0.1, -0.05) is 0 Å². The molecule has 0 saturated carbocycles. The molecule has 30 heavy (non-hydrogen) atoms. The molecule has 3 rings (SSSR count). The number of anilines is 2. The van der Waals surface area contributed by atoms with Crippen LogP contribution < -0.4 is 16.6 Å². The second kappa shape index (κ2) is 8.89. The van der Waals surface area contributed by atoms with E-state index < -0.39 is 23.5 Å². The number of carbonyl (C=O) groups is 2. The van der Waals surface area contributed by atoms with Crippen molar-refractivity contribution < 1.29 is 14.7 Å². The molecule has 0 saturated heterocycles. The average Bonchev–Trinajstić information content (AvgIpc) is 2.72. The van der Waals surface area contributed by atoms with Gasteiger partial charge in [-0.3, -0.25) is 9.78 Å². The van der Waals surface area contributed by atoms with Crippen LogP contribution in [0, 0.1) is 0 Å². The summed E-state index contributed by atoms with van der Waals surface area (Å²) in [6, 6.07) is 5.65. The molecule has 0 aliphatic heterocycles. The summed E-state index contributed by atoms with van der Waals surface area (Å²) in [6.07, 6.45) is 1.49. The molecule has 1 radical (unpaired) electrons. The first-order valence-electron chi connectivity index (χ1n) is 8.73. The van der Waals surface area contributed by atoms with E-state index in [1.54, 1.807) is 24.3 Å². The molecule has 2 aromatic heterocycles. The van der Waals surface area contributed by atoms with Crippen molar-refractivity contribution in [1.29, 1.82) is 0 Å². The third-order valence-electron chi connectivity index (χ3n) is 4.32. The number of aromatic nitrogens is 4. The molecule has 2 heterocycles. The van der Waals surface area contributed by atoms with Crippen molar-refractivity contribution in [3.8, 4) is 0 Å². The number of hydrogen-bond acceptors (Lipinski definition) is 8. The van der Waals surface area contributed by atoms with Crippen LogP contribution in [0.2, 0.25) is 5.32 Å². The number of aliphatic carboxylic acids is 1. The third kappa shape index (κ3) is 4.56. The number of benzene rings is 1. The number of amides is 1. The molecule has 11 nitrogen and oxygen atoms in total. The van der Waals surface area contributed by atoms with E-state index in [9.17, 15) is 19.5 Å². The summed E-state index contributed by atoms with van der Waals surface area (Å²) in [5, 5.41) is 12.5. The minimum atomic E-state index is -1.07. The third-order valence-corrected chi connectivity index (χ3v) is 4.98. The predicted octanol–water partition coefficient (Wildman–Crippen LogP) is 0.0194. The topological polar surface area (TPSA) is 167 Å². The normalized spacial score (nSPS) is 11.8. The zero-order valence-corrected chi connectivity index (χ0v) is 17.5. The van der Waals surface area contributed by atoms with E-state index in [2.05, 4.69) is 41.3 Å². The summed E-state index contributed by atoms with van der Waals surface area (Å²) < 4.78 is 0. The number of hydrogen-bond donors (Lipinski definition) is 4. The molecule has 0 unspecified atom stereocenters. The molecule has 0 fully saturated rings. The number of nitrogen functional groups attached to an aromatic ring is 1. The number of carboxylic acids is 1. The van der Waals surface area contributed by atoms with Gasteiger partial charge in [0.2, 0.25) is 5.95 Å². The summed E-state index contributed by atoms with van der Waals surface area (Å²) in [6.45, 7) is 0.284. The maximum atomic E-state index is 12.5. The number of nitrogens with two attached hydrogens (primary N) is 1. The number of nitrogens with zero attached hydrogens (tertiary/aromatic N) is 4. The molecule has 0 bridgehead atoms. The van der Waals surface area contributed by atoms with Crippen LogP contribution in [0.25, 0.3) is 11.2 Å². The molecule has 155 valence electrons. The van der Waals surface area contributed by atoms with Gasteiger partial charge in [0, 0.05) is 0 Å². The number of nitrogens with one attached hydrogen (secondary N) is 2. The number of carboxylic acid groups (broad SMARTS) is 1. The van der Waals surface area contributed by atoms with Gasteiger partial charge in [0.05, 0.1) is 0 Å². The first-order chi connectivity index (χ1) is 14.3. The zero-order valence-electron chi connectivity index (χ0n) is 15.8. The van der Waals surface area contributed by atoms with Crippen LogP contribution in [0.15, 0.2) is 35.3 Å². The molecule has 0 spiro atoms. The average molecular weight is 475 g/mol. The Morgan fingerprint density at radius 1 is 1.30 bits per heavy atom. The van der Waals surface area contributed by atoms with Crippen LogP contribution in [0.1, 0.15) is 16.1 Å². The second-order valence-corrected chi connectivity index (χ2v) is 7.05. The Balaban J connectivity index is 1.69. The summed E-state index contributed by atoms with van der Waals surface area (Å²) in [5.41, 5.74) is 6.86. The number of aromatic amines is 1. The fourth-order valence-corrected chi connectivity index (χ4v) is 3.44. The van der Waals surface area contributed by atoms with E-state index in [4.69, 9.17) is 5.73 Å². The number of H-pyrrole nitrogens is 1. The van der Waals surface area contributed by atoms with Crippen LogP contribution in [0.3, 0.4) is 0 Å². The number of fused-ring (bicyclic) bond motifs is 1. The van der Waals surface area contributed by atoms with Crippen molar-refractivity contribution in [2.45, 2.75) is 17.9 Å². The predicted molar refractivity (Wildman–Crippen MR) is 110 cm³/mol. The molecule has 12 heteroatoms. The molecule has 5 N–H and O–H groups in total. The standard InChI is InChI=1S/C18H18N7O4Se/c1-25(12(8-30)17(28)29)16(27)9-2-4-10(5-3-9)20-6-11-7-21-14-13(22-11)15(26)24-18(19)23-14/h2-5,7,12,20H,6,8H2,1H3,(H,28,29)(H3,19,21,23,24,26)/t12-/m0/s1. The number of likely N-dealkylation sites (N-methyl/N-ethyl adjacent to an activating group) is 1. The molecule has 1 aromatic carbocycles. The van der Waals surface area contributed by atoms with Gasteiger partial charge >= 0.3 is 130 Å². The van der Waals surface area contributed by atoms with Gasteiger partial charge in [0.25, 0.3) is 5.56 Å². The fraction of sp³-hybridized carbons (Fsp3) is 0.222. The summed E-state index contributed by atoms with van der Waals surface area (Å²) in [4.78, 5) is 51.5. The number of carbonyl (C=O) groups excluding carboxylic acids is 1. The monoisotopic (exact) mass is 476 g/mol. The van der Waals surface area contributed by atoms with Crippen LogP contribution in [0.5, 0.6) is 0 Å². The first kappa shape index (κ1) is 21.2. The van der Waals surface area contributed by atoms with E-state index in [1.807, 2.05) is 0 Å². The van der Waals surface area contributed by atoms with Crippen molar-refractivity contribution in [3.05, 3.63) is 52.1 Å². The quantitative estimate of drug-likeness (QED) is 0.344. The van der Waals surface area contributed by atoms with Crippen LogP contribution in [-0.4, -0.2) is 70.9 Å². The van der Waals surface area contributed by atoms with Gasteiger partial charge in [0.1, 0.15) is 0 Å². The van der Waals surface area contributed by atoms with Gasteiger partial charge in [0.15, 0.2) is 11.2 Å². The Morgan fingerprint density at radius 2 is 2.00 bits per heavy atom. The molecule has 3 aromatic rings. The Kier molecular flexibility index (Phi) is 6.28. The van der Waals surface area contributed by atoms with E-state index in [0.29, 0.717) is 16.9 Å². The number of rotatable bonds is 7. The molecular formula is C18H18N7O4Se.